The zero-order valence-electron chi connectivity index (χ0n) is 8.06. The van der Waals surface area contributed by atoms with Gasteiger partial charge >= 0.3 is 0 Å². The Morgan fingerprint density at radius 3 is 2.50 bits per heavy atom. The van der Waals surface area contributed by atoms with Gasteiger partial charge in [0.05, 0.1) is 5.69 Å². The maximum atomic E-state index is 5.88. The molecule has 0 atom stereocenters. The van der Waals surface area contributed by atoms with Crippen LogP contribution in [0.3, 0.4) is 0 Å². The van der Waals surface area contributed by atoms with Gasteiger partial charge in [0.1, 0.15) is 8.74 Å². The molecule has 1 aromatic carbocycles. The van der Waals surface area contributed by atoms with Crippen LogP contribution in [0, 0.1) is 0 Å². The first-order chi connectivity index (χ1) is 7.18. The quantitative estimate of drug-likeness (QED) is 0.553. The molecular weight excluding hydrogens is 420 g/mol. The molecule has 0 unspecified atom stereocenters. The predicted molar refractivity (Wildman–Crippen MR) is 82.9 cm³/mol. The van der Waals surface area contributed by atoms with Gasteiger partial charge in [-0.05, 0) is 12.1 Å². The van der Waals surface area contributed by atoms with Crippen LogP contribution in [0.1, 0.15) is 9.43 Å². The van der Waals surface area contributed by atoms with Crippen molar-refractivity contribution in [1.29, 1.82) is 0 Å². The summed E-state index contributed by atoms with van der Waals surface area (Å²) in [6.07, 6.45) is 0. The van der Waals surface area contributed by atoms with Crippen molar-refractivity contribution in [3.05, 3.63) is 35.3 Å². The highest BCUT2D eigenvalue weighted by atomic mass is 79.9. The molecule has 2 N–H and O–H groups in total. The SMILES string of the molecule is Br.Nc1ccccc1-c1nc(C(Br)Br)cs1. The van der Waals surface area contributed by atoms with E-state index in [1.807, 2.05) is 29.6 Å². The number of halogens is 3. The Labute approximate surface area is 125 Å². The third-order valence-corrected chi connectivity index (χ3v) is 3.77. The molecule has 0 aliphatic carbocycles. The molecule has 0 fully saturated rings. The third-order valence-electron chi connectivity index (χ3n) is 1.94. The lowest BCUT2D eigenvalue weighted by Gasteiger charge is -2.00. The number of hydrogen-bond acceptors (Lipinski definition) is 3. The van der Waals surface area contributed by atoms with Crippen LogP contribution < -0.4 is 5.73 Å². The molecule has 2 nitrogen and oxygen atoms in total. The topological polar surface area (TPSA) is 38.9 Å². The van der Waals surface area contributed by atoms with Crippen molar-refractivity contribution >= 4 is 65.9 Å². The Kier molecular flexibility index (Phi) is 5.43. The number of benzene rings is 1. The lowest BCUT2D eigenvalue weighted by Crippen LogP contribution is -1.89. The average molecular weight is 429 g/mol. The molecule has 0 bridgehead atoms. The molecule has 0 radical (unpaired) electrons. The number of nitrogen functional groups attached to an aromatic ring is 1. The molecule has 6 heteroatoms. The standard InChI is InChI=1S/C10H8Br2N2S.BrH/c11-9(12)8-5-15-10(14-8)6-3-1-2-4-7(6)13;/h1-5,9H,13H2;1H. The van der Waals surface area contributed by atoms with E-state index in [0.29, 0.717) is 0 Å². The number of rotatable bonds is 2. The third kappa shape index (κ3) is 3.06. The van der Waals surface area contributed by atoms with E-state index in [2.05, 4.69) is 36.8 Å². The molecule has 2 rings (SSSR count). The zero-order valence-corrected chi connectivity index (χ0v) is 13.8. The molecule has 0 saturated heterocycles. The van der Waals surface area contributed by atoms with Crippen LogP contribution >= 0.6 is 60.2 Å². The van der Waals surface area contributed by atoms with Crippen LogP contribution in [-0.4, -0.2) is 4.98 Å². The summed E-state index contributed by atoms with van der Waals surface area (Å²) in [5, 5.41) is 2.96. The smallest absolute Gasteiger partial charge is 0.125 e. The fourth-order valence-corrected chi connectivity index (χ4v) is 2.91. The van der Waals surface area contributed by atoms with E-state index >= 15 is 0 Å². The maximum Gasteiger partial charge on any atom is 0.125 e. The highest BCUT2D eigenvalue weighted by molar-refractivity contribution is 9.24. The van der Waals surface area contributed by atoms with Crippen molar-refractivity contribution in [3.8, 4) is 10.6 Å². The highest BCUT2D eigenvalue weighted by Gasteiger charge is 2.10. The molecule has 1 heterocycles. The Hall–Kier alpha value is 0.0900. The summed E-state index contributed by atoms with van der Waals surface area (Å²) in [4.78, 5) is 4.49. The number of alkyl halides is 2. The van der Waals surface area contributed by atoms with Gasteiger partial charge in [-0.3, -0.25) is 0 Å². The normalized spacial score (nSPS) is 10.2. The van der Waals surface area contributed by atoms with Crippen LogP contribution in [0.5, 0.6) is 0 Å². The average Bonchev–Trinajstić information content (AvgIpc) is 2.67. The van der Waals surface area contributed by atoms with Gasteiger partial charge in [0.25, 0.3) is 0 Å². The summed E-state index contributed by atoms with van der Waals surface area (Å²) in [6.45, 7) is 0. The minimum atomic E-state index is 0. The number of para-hydroxylation sites is 1. The molecule has 0 aliphatic heterocycles. The lowest BCUT2D eigenvalue weighted by molar-refractivity contribution is 1.24. The Morgan fingerprint density at radius 1 is 1.25 bits per heavy atom. The van der Waals surface area contributed by atoms with Gasteiger partial charge < -0.3 is 5.73 Å². The summed E-state index contributed by atoms with van der Waals surface area (Å²) < 4.78 is 0.0972. The summed E-state index contributed by atoms with van der Waals surface area (Å²) in [5.41, 5.74) is 8.61. The highest BCUT2D eigenvalue weighted by Crippen LogP contribution is 2.34. The van der Waals surface area contributed by atoms with Crippen LogP contribution in [0.2, 0.25) is 0 Å². The van der Waals surface area contributed by atoms with Gasteiger partial charge in [-0.25, -0.2) is 4.98 Å². The molecule has 0 amide bonds. The van der Waals surface area contributed by atoms with Crippen molar-refractivity contribution in [2.45, 2.75) is 3.74 Å². The zero-order chi connectivity index (χ0) is 10.8. The van der Waals surface area contributed by atoms with E-state index in [4.69, 9.17) is 5.73 Å². The number of hydrogen-bond donors (Lipinski definition) is 1. The van der Waals surface area contributed by atoms with Crippen molar-refractivity contribution in [2.24, 2.45) is 0 Å². The predicted octanol–water partition coefficient (Wildman–Crippen LogP) is 4.76. The molecule has 2 aromatic rings. The lowest BCUT2D eigenvalue weighted by atomic mass is 10.2. The minimum Gasteiger partial charge on any atom is -0.398 e. The van der Waals surface area contributed by atoms with Crippen LogP contribution in [0.4, 0.5) is 5.69 Å². The van der Waals surface area contributed by atoms with Crippen LogP contribution in [-0.2, 0) is 0 Å². The first-order valence-electron chi connectivity index (χ1n) is 4.27. The molecule has 1 aromatic heterocycles. The number of aromatic nitrogens is 1. The first kappa shape index (κ1) is 14.2. The van der Waals surface area contributed by atoms with Crippen LogP contribution in [0.15, 0.2) is 29.6 Å². The second-order valence-electron chi connectivity index (χ2n) is 2.97. The molecule has 16 heavy (non-hydrogen) atoms. The summed E-state index contributed by atoms with van der Waals surface area (Å²) >= 11 is 8.43. The van der Waals surface area contributed by atoms with E-state index < -0.39 is 0 Å². The maximum absolute atomic E-state index is 5.88. The van der Waals surface area contributed by atoms with Gasteiger partial charge in [0.2, 0.25) is 0 Å². The van der Waals surface area contributed by atoms with Crippen molar-refractivity contribution < 1.29 is 0 Å². The number of anilines is 1. The van der Waals surface area contributed by atoms with Crippen molar-refractivity contribution in [3.63, 3.8) is 0 Å². The molecule has 0 saturated carbocycles. The largest absolute Gasteiger partial charge is 0.398 e. The number of thiazole rings is 1. The van der Waals surface area contributed by atoms with E-state index in [1.165, 1.54) is 0 Å². The number of nitrogens with zero attached hydrogens (tertiary/aromatic N) is 1. The summed E-state index contributed by atoms with van der Waals surface area (Å²) in [6, 6.07) is 7.75. The van der Waals surface area contributed by atoms with E-state index in [-0.39, 0.29) is 20.7 Å². The molecule has 0 spiro atoms. The Balaban J connectivity index is 0.00000128. The first-order valence-corrected chi connectivity index (χ1v) is 6.98. The van der Waals surface area contributed by atoms with E-state index in [1.54, 1.807) is 11.3 Å². The number of nitrogens with two attached hydrogens (primary N) is 1. The Bertz CT molecular complexity index is 471. The second-order valence-corrected chi connectivity index (χ2v) is 6.88. The van der Waals surface area contributed by atoms with Gasteiger partial charge in [-0.1, -0.05) is 44.0 Å². The second kappa shape index (κ2) is 6.14. The van der Waals surface area contributed by atoms with Crippen molar-refractivity contribution in [2.75, 3.05) is 5.73 Å². The monoisotopic (exact) mass is 426 g/mol. The molecular formula is C10H9Br3N2S. The van der Waals surface area contributed by atoms with Gasteiger partial charge in [0.15, 0.2) is 0 Å². The van der Waals surface area contributed by atoms with Gasteiger partial charge in [-0.15, -0.1) is 28.3 Å². The fraction of sp³-hybridized carbons (Fsp3) is 0.100. The van der Waals surface area contributed by atoms with Gasteiger partial charge in [-0.2, -0.15) is 0 Å². The van der Waals surface area contributed by atoms with Crippen LogP contribution in [0.25, 0.3) is 10.6 Å². The van der Waals surface area contributed by atoms with E-state index in [0.717, 1.165) is 22.0 Å². The fourth-order valence-electron chi connectivity index (χ4n) is 1.20. The minimum absolute atomic E-state index is 0. The summed E-state index contributed by atoms with van der Waals surface area (Å²) in [5.74, 6) is 0. The van der Waals surface area contributed by atoms with E-state index in [9.17, 15) is 0 Å². The molecule has 86 valence electrons. The van der Waals surface area contributed by atoms with Gasteiger partial charge in [0, 0.05) is 16.6 Å². The summed E-state index contributed by atoms with van der Waals surface area (Å²) in [7, 11) is 0. The Morgan fingerprint density at radius 2 is 1.94 bits per heavy atom. The molecule has 0 aliphatic rings. The van der Waals surface area contributed by atoms with Crippen molar-refractivity contribution in [1.82, 2.24) is 4.98 Å².